The summed E-state index contributed by atoms with van der Waals surface area (Å²) in [6, 6.07) is 9.59. The molecule has 0 saturated carbocycles. The van der Waals surface area contributed by atoms with E-state index in [9.17, 15) is 4.39 Å². The van der Waals surface area contributed by atoms with Gasteiger partial charge in [0, 0.05) is 4.47 Å². The van der Waals surface area contributed by atoms with Gasteiger partial charge < -0.3 is 15.7 Å². The zero-order valence-corrected chi connectivity index (χ0v) is 12.2. The number of nitrogens with two attached hydrogens (primary N) is 1. The highest BCUT2D eigenvalue weighted by Crippen LogP contribution is 2.29. The summed E-state index contributed by atoms with van der Waals surface area (Å²) in [4.78, 5) is 0. The molecule has 0 aromatic heterocycles. The number of amidine groups is 1. The molecule has 0 aliphatic carbocycles. The van der Waals surface area contributed by atoms with Gasteiger partial charge in [0.15, 0.2) is 17.4 Å². The summed E-state index contributed by atoms with van der Waals surface area (Å²) in [7, 11) is 0. The summed E-state index contributed by atoms with van der Waals surface area (Å²) in [6.45, 7) is 1.86. The van der Waals surface area contributed by atoms with E-state index in [2.05, 4.69) is 21.1 Å². The van der Waals surface area contributed by atoms with E-state index in [1.165, 1.54) is 12.1 Å². The third kappa shape index (κ3) is 3.08. The number of oxime groups is 1. The SMILES string of the molecule is Cc1ccc(C(N)=NO)c(Oc2ccc(Br)cc2F)c1. The highest BCUT2D eigenvalue weighted by atomic mass is 79.9. The number of halogens is 2. The van der Waals surface area contributed by atoms with Crippen LogP contribution in [0.15, 0.2) is 46.0 Å². The summed E-state index contributed by atoms with van der Waals surface area (Å²) in [5.74, 6) is -0.226. The van der Waals surface area contributed by atoms with E-state index in [-0.39, 0.29) is 11.6 Å². The van der Waals surface area contributed by atoms with Crippen LogP contribution in [0.4, 0.5) is 4.39 Å². The minimum atomic E-state index is -0.508. The van der Waals surface area contributed by atoms with Gasteiger partial charge >= 0.3 is 0 Å². The van der Waals surface area contributed by atoms with Crippen LogP contribution in [-0.4, -0.2) is 11.0 Å². The Morgan fingerprint density at radius 1 is 1.25 bits per heavy atom. The predicted molar refractivity (Wildman–Crippen MR) is 77.9 cm³/mol. The van der Waals surface area contributed by atoms with Crippen molar-refractivity contribution in [2.45, 2.75) is 6.92 Å². The molecule has 0 amide bonds. The molecule has 2 rings (SSSR count). The molecule has 3 N–H and O–H groups in total. The van der Waals surface area contributed by atoms with Gasteiger partial charge in [-0.2, -0.15) is 0 Å². The zero-order chi connectivity index (χ0) is 14.7. The van der Waals surface area contributed by atoms with Crippen molar-refractivity contribution >= 4 is 21.8 Å². The van der Waals surface area contributed by atoms with Crippen LogP contribution >= 0.6 is 15.9 Å². The van der Waals surface area contributed by atoms with Crippen molar-refractivity contribution in [3.8, 4) is 11.5 Å². The Bertz CT molecular complexity index is 674. The summed E-state index contributed by atoms with van der Waals surface area (Å²) >= 11 is 3.17. The molecule has 0 atom stereocenters. The summed E-state index contributed by atoms with van der Waals surface area (Å²) in [5, 5.41) is 11.7. The third-order valence-electron chi connectivity index (χ3n) is 2.63. The molecule has 0 saturated heterocycles. The standard InChI is InChI=1S/C14H12BrFN2O2/c1-8-2-4-10(14(17)18-19)13(6-8)20-12-5-3-9(15)7-11(12)16/h2-7,19H,1H3,(H2,17,18). The van der Waals surface area contributed by atoms with Crippen LogP contribution in [0.2, 0.25) is 0 Å². The van der Waals surface area contributed by atoms with Gasteiger partial charge in [0.1, 0.15) is 5.75 Å². The topological polar surface area (TPSA) is 67.8 Å². The molecular weight excluding hydrogens is 327 g/mol. The largest absolute Gasteiger partial charge is 0.454 e. The first-order chi connectivity index (χ1) is 9.51. The van der Waals surface area contributed by atoms with Crippen molar-refractivity contribution in [3.05, 3.63) is 57.8 Å². The Labute approximate surface area is 123 Å². The number of rotatable bonds is 3. The second-order valence-electron chi connectivity index (χ2n) is 4.16. The van der Waals surface area contributed by atoms with Crippen LogP contribution in [0, 0.1) is 12.7 Å². The van der Waals surface area contributed by atoms with Crippen LogP contribution in [0.3, 0.4) is 0 Å². The van der Waals surface area contributed by atoms with Gasteiger partial charge in [-0.15, -0.1) is 0 Å². The van der Waals surface area contributed by atoms with Gasteiger partial charge in [0.05, 0.1) is 5.56 Å². The van der Waals surface area contributed by atoms with Crippen LogP contribution < -0.4 is 10.5 Å². The fraction of sp³-hybridized carbons (Fsp3) is 0.0714. The minimum absolute atomic E-state index is 0.0609. The molecule has 0 spiro atoms. The molecule has 104 valence electrons. The molecule has 20 heavy (non-hydrogen) atoms. The van der Waals surface area contributed by atoms with E-state index < -0.39 is 5.82 Å². The molecule has 2 aromatic carbocycles. The van der Waals surface area contributed by atoms with Gasteiger partial charge in [-0.05, 0) is 42.8 Å². The normalized spacial score (nSPS) is 11.4. The second kappa shape index (κ2) is 5.92. The molecule has 0 aliphatic heterocycles. The van der Waals surface area contributed by atoms with Crippen molar-refractivity contribution in [2.75, 3.05) is 0 Å². The third-order valence-corrected chi connectivity index (χ3v) is 3.13. The lowest BCUT2D eigenvalue weighted by Crippen LogP contribution is -2.14. The van der Waals surface area contributed by atoms with E-state index >= 15 is 0 Å². The molecule has 0 aliphatic rings. The monoisotopic (exact) mass is 338 g/mol. The zero-order valence-electron chi connectivity index (χ0n) is 10.6. The Morgan fingerprint density at radius 2 is 2.00 bits per heavy atom. The van der Waals surface area contributed by atoms with Crippen molar-refractivity contribution in [2.24, 2.45) is 10.9 Å². The number of hydrogen-bond acceptors (Lipinski definition) is 3. The summed E-state index contributed by atoms with van der Waals surface area (Å²) in [6.07, 6.45) is 0. The fourth-order valence-corrected chi connectivity index (χ4v) is 1.99. The highest BCUT2D eigenvalue weighted by molar-refractivity contribution is 9.10. The summed E-state index contributed by atoms with van der Waals surface area (Å²) in [5.41, 5.74) is 6.88. The molecule has 0 fully saturated rings. The molecule has 0 bridgehead atoms. The maximum atomic E-state index is 13.8. The molecular formula is C14H12BrFN2O2. The summed E-state index contributed by atoms with van der Waals surface area (Å²) < 4.78 is 19.9. The van der Waals surface area contributed by atoms with Gasteiger partial charge in [0.25, 0.3) is 0 Å². The number of hydrogen-bond donors (Lipinski definition) is 2. The Balaban J connectivity index is 2.44. The number of aryl methyl sites for hydroxylation is 1. The molecule has 0 radical (unpaired) electrons. The fourth-order valence-electron chi connectivity index (χ4n) is 1.66. The second-order valence-corrected chi connectivity index (χ2v) is 5.08. The van der Waals surface area contributed by atoms with Gasteiger partial charge in [-0.3, -0.25) is 0 Å². The van der Waals surface area contributed by atoms with Crippen molar-refractivity contribution in [1.29, 1.82) is 0 Å². The predicted octanol–water partition coefficient (Wildman–Crippen LogP) is 3.78. The maximum Gasteiger partial charge on any atom is 0.173 e. The highest BCUT2D eigenvalue weighted by Gasteiger charge is 2.12. The first-order valence-corrected chi connectivity index (χ1v) is 6.52. The van der Waals surface area contributed by atoms with Crippen LogP contribution in [0.25, 0.3) is 0 Å². The average molecular weight is 339 g/mol. The molecule has 0 heterocycles. The van der Waals surface area contributed by atoms with Gasteiger partial charge in [0.2, 0.25) is 0 Å². The Morgan fingerprint density at radius 3 is 2.65 bits per heavy atom. The van der Waals surface area contributed by atoms with E-state index in [0.29, 0.717) is 15.8 Å². The Hall–Kier alpha value is -2.08. The minimum Gasteiger partial charge on any atom is -0.454 e. The molecule has 0 unspecified atom stereocenters. The first kappa shape index (κ1) is 14.3. The van der Waals surface area contributed by atoms with Crippen LogP contribution in [-0.2, 0) is 0 Å². The number of nitrogens with zero attached hydrogens (tertiary/aromatic N) is 1. The lowest BCUT2D eigenvalue weighted by Gasteiger charge is -2.12. The van der Waals surface area contributed by atoms with E-state index in [4.69, 9.17) is 15.7 Å². The number of ether oxygens (including phenoxy) is 1. The van der Waals surface area contributed by atoms with E-state index in [0.717, 1.165) is 5.56 Å². The van der Waals surface area contributed by atoms with Crippen LogP contribution in [0.5, 0.6) is 11.5 Å². The number of benzene rings is 2. The van der Waals surface area contributed by atoms with Crippen LogP contribution in [0.1, 0.15) is 11.1 Å². The van der Waals surface area contributed by atoms with Crippen molar-refractivity contribution in [3.63, 3.8) is 0 Å². The molecule has 6 heteroatoms. The maximum absolute atomic E-state index is 13.8. The van der Waals surface area contributed by atoms with Crippen molar-refractivity contribution < 1.29 is 14.3 Å². The lowest BCUT2D eigenvalue weighted by atomic mass is 10.1. The van der Waals surface area contributed by atoms with Gasteiger partial charge in [-0.1, -0.05) is 27.2 Å². The first-order valence-electron chi connectivity index (χ1n) is 5.72. The molecule has 4 nitrogen and oxygen atoms in total. The average Bonchev–Trinajstić information content (AvgIpc) is 2.41. The van der Waals surface area contributed by atoms with E-state index in [1.54, 1.807) is 24.3 Å². The van der Waals surface area contributed by atoms with Gasteiger partial charge in [-0.25, -0.2) is 4.39 Å². The van der Waals surface area contributed by atoms with E-state index in [1.807, 2.05) is 6.92 Å². The Kier molecular flexibility index (Phi) is 4.24. The quantitative estimate of drug-likeness (QED) is 0.387. The van der Waals surface area contributed by atoms with Crippen molar-refractivity contribution in [1.82, 2.24) is 0 Å². The molecule has 2 aromatic rings. The smallest absolute Gasteiger partial charge is 0.173 e. The lowest BCUT2D eigenvalue weighted by molar-refractivity contribution is 0.318.